The van der Waals surface area contributed by atoms with Crippen molar-refractivity contribution in [1.82, 2.24) is 9.97 Å². The lowest BCUT2D eigenvalue weighted by atomic mass is 10.3. The molecule has 2 aromatic carbocycles. The summed E-state index contributed by atoms with van der Waals surface area (Å²) < 4.78 is 1.24. The third-order valence-corrected chi connectivity index (χ3v) is 4.03. The Balaban J connectivity index is 1.95. The number of aromatic nitrogens is 3. The van der Waals surface area contributed by atoms with Gasteiger partial charge in [0.05, 0.1) is 11.0 Å². The van der Waals surface area contributed by atoms with E-state index in [2.05, 4.69) is 33.2 Å². The Morgan fingerprint density at radius 1 is 1.00 bits per heavy atom. The third kappa shape index (κ3) is 1.43. The average Bonchev–Trinajstić information content (AvgIpc) is 3.02. The molecule has 18 heavy (non-hydrogen) atoms. The van der Waals surface area contributed by atoms with Crippen molar-refractivity contribution < 1.29 is 4.98 Å². The van der Waals surface area contributed by atoms with Gasteiger partial charge >= 0.3 is 5.01 Å². The molecule has 0 radical (unpaired) electrons. The first-order valence-corrected chi connectivity index (χ1v) is 6.58. The lowest BCUT2D eigenvalue weighted by Crippen LogP contribution is -2.01. The summed E-state index contributed by atoms with van der Waals surface area (Å²) in [6.07, 6.45) is 0. The summed E-state index contributed by atoms with van der Waals surface area (Å²) in [6.45, 7) is 0. The zero-order chi connectivity index (χ0) is 11.9. The Kier molecular flexibility index (Phi) is 1.98. The number of nitrogens with one attached hydrogen (secondary N) is 2. The highest BCUT2D eigenvalue weighted by atomic mass is 32.1. The van der Waals surface area contributed by atoms with Gasteiger partial charge in [0.25, 0.3) is 0 Å². The molecular weight excluding hydrogens is 242 g/mol. The molecule has 4 aromatic rings. The summed E-state index contributed by atoms with van der Waals surface area (Å²) >= 11 is 1.72. The van der Waals surface area contributed by atoms with E-state index >= 15 is 0 Å². The van der Waals surface area contributed by atoms with Gasteiger partial charge in [0, 0.05) is 6.07 Å². The largest absolute Gasteiger partial charge is 0.332 e. The van der Waals surface area contributed by atoms with Gasteiger partial charge < -0.3 is 4.98 Å². The maximum atomic E-state index is 4.60. The number of benzene rings is 2. The van der Waals surface area contributed by atoms with Crippen molar-refractivity contribution >= 4 is 32.6 Å². The number of thiazole rings is 1. The molecule has 2 heterocycles. The van der Waals surface area contributed by atoms with Crippen molar-refractivity contribution in [3.8, 4) is 10.8 Å². The summed E-state index contributed by atoms with van der Waals surface area (Å²) in [5.41, 5.74) is 3.22. The molecule has 3 nitrogen and oxygen atoms in total. The standard InChI is InChI=1S/C14H9N3S/c1-2-6-10-9(5-1)15-13(16-10)14-17-11-7-3-4-8-12(11)18-14/h1-8H,(H,15,16)/p+1. The molecule has 0 saturated carbocycles. The van der Waals surface area contributed by atoms with Gasteiger partial charge in [-0.15, -0.1) is 0 Å². The maximum Gasteiger partial charge on any atom is 0.304 e. The average molecular weight is 252 g/mol. The fourth-order valence-electron chi connectivity index (χ4n) is 2.08. The number of fused-ring (bicyclic) bond motifs is 2. The third-order valence-electron chi connectivity index (χ3n) is 2.95. The highest BCUT2D eigenvalue weighted by Gasteiger charge is 2.16. The monoisotopic (exact) mass is 252 g/mol. The minimum Gasteiger partial charge on any atom is -0.332 e. The van der Waals surface area contributed by atoms with Crippen LogP contribution >= 0.6 is 11.3 Å². The van der Waals surface area contributed by atoms with Gasteiger partial charge in [0.1, 0.15) is 4.70 Å². The van der Waals surface area contributed by atoms with Crippen LogP contribution < -0.4 is 4.98 Å². The second-order valence-corrected chi connectivity index (χ2v) is 5.21. The Morgan fingerprint density at radius 2 is 1.83 bits per heavy atom. The smallest absolute Gasteiger partial charge is 0.304 e. The minimum atomic E-state index is 0.900. The Morgan fingerprint density at radius 3 is 2.72 bits per heavy atom. The number of hydrogen-bond donors (Lipinski definition) is 1. The number of H-pyrrole nitrogens is 2. The minimum absolute atomic E-state index is 0.900. The molecule has 0 aliphatic rings. The Hall–Kier alpha value is -2.20. The number of para-hydroxylation sites is 3. The van der Waals surface area contributed by atoms with Crippen LogP contribution in [0.4, 0.5) is 0 Å². The quantitative estimate of drug-likeness (QED) is 0.555. The molecular formula is C14H10N3S+. The molecule has 0 amide bonds. The summed E-state index contributed by atoms with van der Waals surface area (Å²) in [7, 11) is 0. The van der Waals surface area contributed by atoms with Crippen LogP contribution in [0, 0.1) is 0 Å². The van der Waals surface area contributed by atoms with E-state index in [9.17, 15) is 0 Å². The van der Waals surface area contributed by atoms with Crippen LogP contribution in [0.15, 0.2) is 48.5 Å². The lowest BCUT2D eigenvalue weighted by molar-refractivity contribution is -0.325. The first kappa shape index (κ1) is 9.79. The maximum absolute atomic E-state index is 4.60. The van der Waals surface area contributed by atoms with Crippen LogP contribution in [0.3, 0.4) is 0 Å². The molecule has 0 spiro atoms. The highest BCUT2D eigenvalue weighted by Crippen LogP contribution is 2.26. The van der Waals surface area contributed by atoms with Crippen molar-refractivity contribution in [3.63, 3.8) is 0 Å². The van der Waals surface area contributed by atoms with Gasteiger partial charge in [-0.05, 0) is 18.2 Å². The van der Waals surface area contributed by atoms with E-state index in [1.54, 1.807) is 11.3 Å². The normalized spacial score (nSPS) is 11.3. The lowest BCUT2D eigenvalue weighted by Gasteiger charge is -1.81. The molecule has 0 aliphatic heterocycles. The zero-order valence-electron chi connectivity index (χ0n) is 9.47. The molecule has 0 bridgehead atoms. The number of hydrogen-bond acceptors (Lipinski definition) is 2. The summed E-state index contributed by atoms with van der Waals surface area (Å²) in [4.78, 5) is 11.3. The van der Waals surface area contributed by atoms with Crippen molar-refractivity contribution in [1.29, 1.82) is 0 Å². The molecule has 0 saturated heterocycles. The number of nitrogens with zero attached hydrogens (tertiary/aromatic N) is 1. The van der Waals surface area contributed by atoms with E-state index in [0.29, 0.717) is 0 Å². The fourth-order valence-corrected chi connectivity index (χ4v) is 3.03. The predicted octanol–water partition coefficient (Wildman–Crippen LogP) is 3.26. The summed E-state index contributed by atoms with van der Waals surface area (Å²) in [6, 6.07) is 16.4. The van der Waals surface area contributed by atoms with Crippen molar-refractivity contribution in [3.05, 3.63) is 48.5 Å². The molecule has 2 N–H and O–H groups in total. The van der Waals surface area contributed by atoms with E-state index in [1.165, 1.54) is 4.70 Å². The number of rotatable bonds is 1. The topological polar surface area (TPSA) is 42.8 Å². The zero-order valence-corrected chi connectivity index (χ0v) is 10.3. The number of aromatic amines is 2. The van der Waals surface area contributed by atoms with E-state index in [4.69, 9.17) is 0 Å². The van der Waals surface area contributed by atoms with Gasteiger partial charge in [-0.25, -0.2) is 4.98 Å². The molecule has 4 heteroatoms. The Labute approximate surface area is 107 Å². The SMILES string of the molecule is c1ccc2[nH]c(-c3[nH+]c4ccccc4s3)nc2c1. The van der Waals surface area contributed by atoms with Gasteiger partial charge in [-0.2, -0.15) is 4.98 Å². The number of imidazole rings is 1. The van der Waals surface area contributed by atoms with Crippen molar-refractivity contribution in [2.75, 3.05) is 0 Å². The molecule has 4 rings (SSSR count). The van der Waals surface area contributed by atoms with Gasteiger partial charge in [0.15, 0.2) is 0 Å². The van der Waals surface area contributed by atoms with Crippen LogP contribution in [-0.2, 0) is 0 Å². The fraction of sp³-hybridized carbons (Fsp3) is 0. The van der Waals surface area contributed by atoms with E-state index in [0.717, 1.165) is 27.4 Å². The van der Waals surface area contributed by atoms with E-state index < -0.39 is 0 Å². The van der Waals surface area contributed by atoms with Crippen molar-refractivity contribution in [2.24, 2.45) is 0 Å². The van der Waals surface area contributed by atoms with Gasteiger partial charge in [0.2, 0.25) is 11.3 Å². The van der Waals surface area contributed by atoms with Crippen LogP contribution in [-0.4, -0.2) is 9.97 Å². The van der Waals surface area contributed by atoms with E-state index in [1.807, 2.05) is 30.3 Å². The second-order valence-electron chi connectivity index (χ2n) is 4.15. The predicted molar refractivity (Wildman–Crippen MR) is 73.5 cm³/mol. The first-order valence-electron chi connectivity index (χ1n) is 5.76. The van der Waals surface area contributed by atoms with E-state index in [-0.39, 0.29) is 0 Å². The van der Waals surface area contributed by atoms with Crippen molar-refractivity contribution in [2.45, 2.75) is 0 Å². The van der Waals surface area contributed by atoms with Crippen LogP contribution in [0.1, 0.15) is 0 Å². The molecule has 0 atom stereocenters. The van der Waals surface area contributed by atoms with Gasteiger partial charge in [-0.3, -0.25) is 0 Å². The summed E-state index contributed by atoms with van der Waals surface area (Å²) in [5.74, 6) is 0.900. The second kappa shape index (κ2) is 3.65. The molecule has 86 valence electrons. The molecule has 2 aromatic heterocycles. The molecule has 0 aliphatic carbocycles. The highest BCUT2D eigenvalue weighted by molar-refractivity contribution is 7.21. The first-order chi connectivity index (χ1) is 8.90. The van der Waals surface area contributed by atoms with Crippen LogP contribution in [0.25, 0.3) is 32.1 Å². The van der Waals surface area contributed by atoms with Crippen LogP contribution in [0.5, 0.6) is 0 Å². The molecule has 0 unspecified atom stereocenters. The van der Waals surface area contributed by atoms with Crippen LogP contribution in [0.2, 0.25) is 0 Å². The Bertz CT molecular complexity index is 706. The summed E-state index contributed by atoms with van der Waals surface area (Å²) in [5, 5.41) is 1.06. The molecule has 0 fully saturated rings. The van der Waals surface area contributed by atoms with Gasteiger partial charge in [-0.1, -0.05) is 35.6 Å².